The number of carbonyl (C=O) groups excluding carboxylic acids is 1. The van der Waals surface area contributed by atoms with E-state index in [9.17, 15) is 13.6 Å². The molecule has 0 saturated carbocycles. The molecule has 36 heavy (non-hydrogen) atoms. The fourth-order valence-corrected chi connectivity index (χ4v) is 4.10. The van der Waals surface area contributed by atoms with Crippen LogP contribution in [0.2, 0.25) is 5.02 Å². The molecule has 0 spiro atoms. The number of hydrogen-bond acceptors (Lipinski definition) is 7. The van der Waals surface area contributed by atoms with Crippen molar-refractivity contribution in [3.05, 3.63) is 59.4 Å². The Bertz CT molecular complexity index is 1290. The molecule has 1 aliphatic heterocycles. The quantitative estimate of drug-likeness (QED) is 0.236. The van der Waals surface area contributed by atoms with Crippen LogP contribution in [0, 0.1) is 11.6 Å². The van der Waals surface area contributed by atoms with Crippen molar-refractivity contribution in [3.63, 3.8) is 0 Å². The number of nitrogens with zero attached hydrogens (tertiary/aromatic N) is 3. The van der Waals surface area contributed by atoms with Gasteiger partial charge in [0.25, 0.3) is 0 Å². The van der Waals surface area contributed by atoms with Crippen molar-refractivity contribution in [1.29, 1.82) is 0 Å². The first-order valence-corrected chi connectivity index (χ1v) is 11.8. The number of likely N-dealkylation sites (tertiary alicyclic amines) is 1. The molecular formula is C25H26ClF2N5O3. The number of rotatable bonds is 9. The van der Waals surface area contributed by atoms with E-state index in [2.05, 4.69) is 25.5 Å². The number of aromatic nitrogens is 2. The summed E-state index contributed by atoms with van der Waals surface area (Å²) in [6.45, 7) is 1.60. The molecule has 2 heterocycles. The third-order valence-electron chi connectivity index (χ3n) is 5.87. The summed E-state index contributed by atoms with van der Waals surface area (Å²) in [6, 6.07) is 5.77. The van der Waals surface area contributed by atoms with E-state index in [0.29, 0.717) is 28.9 Å². The van der Waals surface area contributed by atoms with E-state index >= 15 is 0 Å². The number of ether oxygens (including phenoxy) is 2. The minimum Gasteiger partial charge on any atom is -0.489 e. The predicted molar refractivity (Wildman–Crippen MR) is 135 cm³/mol. The molecule has 1 fully saturated rings. The van der Waals surface area contributed by atoms with Gasteiger partial charge in [-0.2, -0.15) is 0 Å². The van der Waals surface area contributed by atoms with E-state index in [1.807, 2.05) is 13.1 Å². The summed E-state index contributed by atoms with van der Waals surface area (Å²) in [5.41, 5.74) is 0.800. The third kappa shape index (κ3) is 5.89. The van der Waals surface area contributed by atoms with Crippen LogP contribution in [-0.2, 0) is 9.53 Å². The van der Waals surface area contributed by atoms with Crippen LogP contribution in [0.1, 0.15) is 12.8 Å². The van der Waals surface area contributed by atoms with Crippen LogP contribution in [0.5, 0.6) is 5.75 Å². The Morgan fingerprint density at radius 1 is 1.25 bits per heavy atom. The Hall–Kier alpha value is -3.34. The SMILES string of the molecule is COCCOc1cc2ncnc(Nc3ccc(F)c(Cl)c3F)c2cc1NC(=O)/C=C/[C@H]1CCCN1C. The number of halogens is 3. The Morgan fingerprint density at radius 3 is 2.83 bits per heavy atom. The van der Waals surface area contributed by atoms with E-state index in [0.717, 1.165) is 25.5 Å². The Labute approximate surface area is 212 Å². The van der Waals surface area contributed by atoms with Crippen molar-refractivity contribution >= 4 is 45.6 Å². The van der Waals surface area contributed by atoms with Crippen molar-refractivity contribution in [3.8, 4) is 5.75 Å². The lowest BCUT2D eigenvalue weighted by molar-refractivity contribution is -0.112. The first kappa shape index (κ1) is 25.7. The van der Waals surface area contributed by atoms with Gasteiger partial charge in [0.1, 0.15) is 35.3 Å². The number of benzene rings is 2. The van der Waals surface area contributed by atoms with Crippen molar-refractivity contribution in [2.45, 2.75) is 18.9 Å². The van der Waals surface area contributed by atoms with Gasteiger partial charge >= 0.3 is 0 Å². The average Bonchev–Trinajstić information content (AvgIpc) is 3.28. The lowest BCUT2D eigenvalue weighted by Gasteiger charge is -2.16. The summed E-state index contributed by atoms with van der Waals surface area (Å²) < 4.78 is 39.0. The molecule has 11 heteroatoms. The second-order valence-corrected chi connectivity index (χ2v) is 8.69. The molecule has 1 atom stereocenters. The molecule has 0 radical (unpaired) electrons. The second kappa shape index (κ2) is 11.6. The highest BCUT2D eigenvalue weighted by Crippen LogP contribution is 2.35. The van der Waals surface area contributed by atoms with E-state index in [1.54, 1.807) is 19.2 Å². The van der Waals surface area contributed by atoms with Gasteiger partial charge in [0, 0.05) is 30.7 Å². The van der Waals surface area contributed by atoms with E-state index in [1.165, 1.54) is 18.5 Å². The molecule has 3 aromatic rings. The van der Waals surface area contributed by atoms with Gasteiger partial charge in [0.05, 0.1) is 23.5 Å². The number of hydrogen-bond donors (Lipinski definition) is 2. The summed E-state index contributed by atoms with van der Waals surface area (Å²) in [6.07, 6.45) is 6.77. The fourth-order valence-electron chi connectivity index (χ4n) is 3.94. The van der Waals surface area contributed by atoms with Crippen molar-refractivity contribution < 1.29 is 23.0 Å². The Balaban J connectivity index is 1.66. The normalized spacial score (nSPS) is 16.1. The maximum absolute atomic E-state index is 14.5. The van der Waals surface area contributed by atoms with Crippen molar-refractivity contribution in [2.75, 3.05) is 44.5 Å². The van der Waals surface area contributed by atoms with Gasteiger partial charge in [0.2, 0.25) is 5.91 Å². The second-order valence-electron chi connectivity index (χ2n) is 8.32. The highest BCUT2D eigenvalue weighted by molar-refractivity contribution is 6.31. The number of fused-ring (bicyclic) bond motifs is 1. The van der Waals surface area contributed by atoms with Gasteiger partial charge in [0.15, 0.2) is 5.82 Å². The molecule has 2 N–H and O–H groups in total. The molecule has 4 rings (SSSR count). The van der Waals surface area contributed by atoms with E-state index < -0.39 is 16.7 Å². The van der Waals surface area contributed by atoms with Gasteiger partial charge < -0.3 is 20.1 Å². The summed E-state index contributed by atoms with van der Waals surface area (Å²) in [4.78, 5) is 23.4. The molecule has 0 aliphatic carbocycles. The van der Waals surface area contributed by atoms with Gasteiger partial charge in [-0.05, 0) is 44.6 Å². The highest BCUT2D eigenvalue weighted by atomic mass is 35.5. The number of carbonyl (C=O) groups is 1. The van der Waals surface area contributed by atoms with Crippen LogP contribution in [0.15, 0.2) is 42.7 Å². The molecule has 8 nitrogen and oxygen atoms in total. The first-order chi connectivity index (χ1) is 17.4. The molecule has 190 valence electrons. The monoisotopic (exact) mass is 517 g/mol. The van der Waals surface area contributed by atoms with Gasteiger partial charge in [-0.3, -0.25) is 9.69 Å². The predicted octanol–water partition coefficient (Wildman–Crippen LogP) is 4.92. The maximum Gasteiger partial charge on any atom is 0.248 e. The lowest BCUT2D eigenvalue weighted by Crippen LogP contribution is -2.23. The van der Waals surface area contributed by atoms with Crippen LogP contribution in [-0.4, -0.2) is 60.7 Å². The number of methoxy groups -OCH3 is 1. The Morgan fingerprint density at radius 2 is 2.08 bits per heavy atom. The van der Waals surface area contributed by atoms with Crippen LogP contribution >= 0.6 is 11.6 Å². The first-order valence-electron chi connectivity index (χ1n) is 11.4. The van der Waals surface area contributed by atoms with Crippen LogP contribution in [0.4, 0.5) is 26.0 Å². The zero-order valence-electron chi connectivity index (χ0n) is 19.9. The summed E-state index contributed by atoms with van der Waals surface area (Å²) in [5.74, 6) is -1.51. The van der Waals surface area contributed by atoms with Crippen molar-refractivity contribution in [1.82, 2.24) is 14.9 Å². The number of anilines is 3. The van der Waals surface area contributed by atoms with Gasteiger partial charge in [-0.1, -0.05) is 17.7 Å². The molecule has 0 bridgehead atoms. The maximum atomic E-state index is 14.5. The van der Waals surface area contributed by atoms with Crippen LogP contribution in [0.25, 0.3) is 10.9 Å². The summed E-state index contributed by atoms with van der Waals surface area (Å²) in [7, 11) is 3.58. The standard InChI is InChI=1S/C25H26ClF2N5O3/c1-33-9-3-4-15(33)5-8-22(34)31-20-12-16-19(13-21(20)36-11-10-35-2)29-14-30-25(16)32-18-7-6-17(27)23(26)24(18)28/h5-8,12-15H,3-4,9-11H2,1-2H3,(H,31,34)(H,29,30,32)/b8-5+/t15-/m1/s1. The zero-order chi connectivity index (χ0) is 25.7. The smallest absolute Gasteiger partial charge is 0.248 e. The summed E-state index contributed by atoms with van der Waals surface area (Å²) >= 11 is 5.71. The van der Waals surface area contributed by atoms with Crippen LogP contribution in [0.3, 0.4) is 0 Å². The molecular weight excluding hydrogens is 492 g/mol. The molecule has 1 saturated heterocycles. The van der Waals surface area contributed by atoms with E-state index in [-0.39, 0.29) is 30.1 Å². The fraction of sp³-hybridized carbons (Fsp3) is 0.320. The molecule has 2 aromatic carbocycles. The lowest BCUT2D eigenvalue weighted by atomic mass is 10.1. The minimum atomic E-state index is -0.946. The van der Waals surface area contributed by atoms with Crippen molar-refractivity contribution in [2.24, 2.45) is 0 Å². The van der Waals surface area contributed by atoms with E-state index in [4.69, 9.17) is 21.1 Å². The zero-order valence-corrected chi connectivity index (χ0v) is 20.6. The number of amides is 1. The highest BCUT2D eigenvalue weighted by Gasteiger charge is 2.19. The number of nitrogens with one attached hydrogen (secondary N) is 2. The summed E-state index contributed by atoms with van der Waals surface area (Å²) in [5, 5.41) is 5.53. The van der Waals surface area contributed by atoms with Crippen LogP contribution < -0.4 is 15.4 Å². The molecule has 0 unspecified atom stereocenters. The molecule has 1 aliphatic rings. The molecule has 1 amide bonds. The largest absolute Gasteiger partial charge is 0.489 e. The van der Waals surface area contributed by atoms with Gasteiger partial charge in [-0.15, -0.1) is 0 Å². The molecule has 1 aromatic heterocycles. The van der Waals surface area contributed by atoms with Gasteiger partial charge in [-0.25, -0.2) is 18.7 Å². The Kier molecular flexibility index (Phi) is 8.29. The third-order valence-corrected chi connectivity index (χ3v) is 6.22. The average molecular weight is 518 g/mol. The number of likely N-dealkylation sites (N-methyl/N-ethyl adjacent to an activating group) is 1. The minimum absolute atomic E-state index is 0.0592. The topological polar surface area (TPSA) is 88.6 Å².